The van der Waals surface area contributed by atoms with Crippen molar-refractivity contribution in [1.29, 1.82) is 0 Å². The van der Waals surface area contributed by atoms with Crippen molar-refractivity contribution in [3.8, 4) is 0 Å². The van der Waals surface area contributed by atoms with Gasteiger partial charge in [-0.25, -0.2) is 0 Å². The number of carbonyl (C=O) groups is 1. The van der Waals surface area contributed by atoms with Crippen molar-refractivity contribution in [3.63, 3.8) is 0 Å². The van der Waals surface area contributed by atoms with Gasteiger partial charge in [0.2, 0.25) is 5.91 Å². The first-order valence-electron chi connectivity index (χ1n) is 6.07. The molecule has 1 atom stereocenters. The molecule has 0 unspecified atom stereocenters. The lowest BCUT2D eigenvalue weighted by molar-refractivity contribution is -0.116. The minimum Gasteiger partial charge on any atom is -0.376 e. The predicted octanol–water partition coefficient (Wildman–Crippen LogP) is 2.65. The molecule has 1 aliphatic rings. The zero-order valence-electron chi connectivity index (χ0n) is 10.1. The fraction of sp³-hybridized carbons (Fsp3) is 0.357. The molecule has 1 heterocycles. The Kier molecular flexibility index (Phi) is 4.79. The van der Waals surface area contributed by atoms with Crippen molar-refractivity contribution < 1.29 is 9.53 Å². The standard InChI is InChI=1S/C14H16ClNO2/c15-12-6-3-11(4-7-12)5-8-14(17)16-10-13-2-1-9-18-13/h3-8,13H,1-2,9-10H2,(H,16,17)/b8-5-/t13-/m0/s1. The number of halogens is 1. The van der Waals surface area contributed by atoms with E-state index in [0.29, 0.717) is 11.6 Å². The van der Waals surface area contributed by atoms with E-state index >= 15 is 0 Å². The molecule has 1 amide bonds. The summed E-state index contributed by atoms with van der Waals surface area (Å²) in [5.74, 6) is -0.0968. The number of benzene rings is 1. The quantitative estimate of drug-likeness (QED) is 0.850. The maximum atomic E-state index is 11.6. The third-order valence-corrected chi connectivity index (χ3v) is 3.08. The van der Waals surface area contributed by atoms with Gasteiger partial charge in [0, 0.05) is 24.3 Å². The van der Waals surface area contributed by atoms with Crippen LogP contribution in [0.3, 0.4) is 0 Å². The van der Waals surface area contributed by atoms with E-state index in [2.05, 4.69) is 5.32 Å². The molecule has 1 N–H and O–H groups in total. The number of hydrogen-bond acceptors (Lipinski definition) is 2. The number of ether oxygens (including phenoxy) is 1. The summed E-state index contributed by atoms with van der Waals surface area (Å²) in [4.78, 5) is 11.6. The number of hydrogen-bond donors (Lipinski definition) is 1. The fourth-order valence-corrected chi connectivity index (χ4v) is 1.95. The van der Waals surface area contributed by atoms with Gasteiger partial charge in [0.25, 0.3) is 0 Å². The van der Waals surface area contributed by atoms with E-state index in [9.17, 15) is 4.79 Å². The van der Waals surface area contributed by atoms with Crippen LogP contribution in [0.5, 0.6) is 0 Å². The van der Waals surface area contributed by atoms with Crippen LogP contribution in [0.25, 0.3) is 6.08 Å². The van der Waals surface area contributed by atoms with Gasteiger partial charge in [-0.3, -0.25) is 4.79 Å². The minimum atomic E-state index is -0.0968. The summed E-state index contributed by atoms with van der Waals surface area (Å²) in [6, 6.07) is 7.33. The zero-order valence-corrected chi connectivity index (χ0v) is 10.8. The normalized spacial score (nSPS) is 19.3. The van der Waals surface area contributed by atoms with E-state index < -0.39 is 0 Å². The minimum absolute atomic E-state index is 0.0968. The van der Waals surface area contributed by atoms with E-state index in [-0.39, 0.29) is 12.0 Å². The van der Waals surface area contributed by atoms with Crippen molar-refractivity contribution in [2.75, 3.05) is 13.2 Å². The van der Waals surface area contributed by atoms with E-state index in [0.717, 1.165) is 25.0 Å². The number of rotatable bonds is 4. The Labute approximate surface area is 112 Å². The highest BCUT2D eigenvalue weighted by molar-refractivity contribution is 6.30. The van der Waals surface area contributed by atoms with Gasteiger partial charge in [-0.2, -0.15) is 0 Å². The van der Waals surface area contributed by atoms with Crippen LogP contribution in [0, 0.1) is 0 Å². The Morgan fingerprint density at radius 1 is 1.44 bits per heavy atom. The summed E-state index contributed by atoms with van der Waals surface area (Å²) in [6.45, 7) is 1.39. The first kappa shape index (κ1) is 13.1. The average Bonchev–Trinajstić information content (AvgIpc) is 2.89. The van der Waals surface area contributed by atoms with Crippen LogP contribution in [0.2, 0.25) is 5.02 Å². The molecular formula is C14H16ClNO2. The highest BCUT2D eigenvalue weighted by Crippen LogP contribution is 2.11. The summed E-state index contributed by atoms with van der Waals surface area (Å²) in [6.07, 6.45) is 5.58. The third-order valence-electron chi connectivity index (χ3n) is 2.83. The second kappa shape index (κ2) is 6.57. The average molecular weight is 266 g/mol. The van der Waals surface area contributed by atoms with Gasteiger partial charge in [0.15, 0.2) is 0 Å². The molecule has 0 aromatic heterocycles. The maximum Gasteiger partial charge on any atom is 0.244 e. The highest BCUT2D eigenvalue weighted by atomic mass is 35.5. The second-order valence-electron chi connectivity index (χ2n) is 4.27. The molecule has 0 aliphatic carbocycles. The Balaban J connectivity index is 1.77. The summed E-state index contributed by atoms with van der Waals surface area (Å²) >= 11 is 5.78. The zero-order chi connectivity index (χ0) is 12.8. The van der Waals surface area contributed by atoms with Gasteiger partial charge in [-0.05, 0) is 36.6 Å². The molecule has 96 valence electrons. The Morgan fingerprint density at radius 2 is 2.22 bits per heavy atom. The van der Waals surface area contributed by atoms with Gasteiger partial charge in [0.1, 0.15) is 0 Å². The smallest absolute Gasteiger partial charge is 0.244 e. The lowest BCUT2D eigenvalue weighted by atomic mass is 10.2. The van der Waals surface area contributed by atoms with Crippen LogP contribution in [0.15, 0.2) is 30.3 Å². The molecule has 0 saturated carbocycles. The molecule has 18 heavy (non-hydrogen) atoms. The Hall–Kier alpha value is -1.32. The molecule has 0 spiro atoms. The van der Waals surface area contributed by atoms with Gasteiger partial charge in [0.05, 0.1) is 6.10 Å². The van der Waals surface area contributed by atoms with Crippen LogP contribution < -0.4 is 5.32 Å². The van der Waals surface area contributed by atoms with Crippen molar-refractivity contribution in [2.24, 2.45) is 0 Å². The molecule has 3 nitrogen and oxygen atoms in total. The molecule has 1 aromatic carbocycles. The number of amides is 1. The van der Waals surface area contributed by atoms with Crippen molar-refractivity contribution in [3.05, 3.63) is 40.9 Å². The van der Waals surface area contributed by atoms with Crippen molar-refractivity contribution in [1.82, 2.24) is 5.32 Å². The maximum absolute atomic E-state index is 11.6. The lowest BCUT2D eigenvalue weighted by Gasteiger charge is -2.08. The molecule has 1 fully saturated rings. The number of nitrogens with one attached hydrogen (secondary N) is 1. The van der Waals surface area contributed by atoms with Crippen LogP contribution in [-0.2, 0) is 9.53 Å². The summed E-state index contributed by atoms with van der Waals surface area (Å²) in [7, 11) is 0. The topological polar surface area (TPSA) is 38.3 Å². The van der Waals surface area contributed by atoms with Gasteiger partial charge in [-0.15, -0.1) is 0 Å². The monoisotopic (exact) mass is 265 g/mol. The van der Waals surface area contributed by atoms with Gasteiger partial charge >= 0.3 is 0 Å². The summed E-state index contributed by atoms with van der Waals surface area (Å²) in [5, 5.41) is 3.52. The Bertz CT molecular complexity index is 422. The lowest BCUT2D eigenvalue weighted by Crippen LogP contribution is -2.30. The molecule has 0 radical (unpaired) electrons. The summed E-state index contributed by atoms with van der Waals surface area (Å²) < 4.78 is 5.43. The van der Waals surface area contributed by atoms with Crippen LogP contribution in [0.1, 0.15) is 18.4 Å². The largest absolute Gasteiger partial charge is 0.376 e. The van der Waals surface area contributed by atoms with Crippen molar-refractivity contribution in [2.45, 2.75) is 18.9 Å². The fourth-order valence-electron chi connectivity index (χ4n) is 1.82. The van der Waals surface area contributed by atoms with Crippen LogP contribution in [-0.4, -0.2) is 25.2 Å². The van der Waals surface area contributed by atoms with E-state index in [4.69, 9.17) is 16.3 Å². The molecular weight excluding hydrogens is 250 g/mol. The third kappa shape index (κ3) is 4.17. The first-order valence-corrected chi connectivity index (χ1v) is 6.45. The summed E-state index contributed by atoms with van der Waals surface area (Å²) in [5.41, 5.74) is 0.951. The van der Waals surface area contributed by atoms with Crippen LogP contribution in [0.4, 0.5) is 0 Å². The molecule has 1 saturated heterocycles. The first-order chi connectivity index (χ1) is 8.74. The van der Waals surface area contributed by atoms with Crippen LogP contribution >= 0.6 is 11.6 Å². The predicted molar refractivity (Wildman–Crippen MR) is 72.5 cm³/mol. The SMILES string of the molecule is O=C(/C=C\c1ccc(Cl)cc1)NC[C@@H]1CCCO1. The second-order valence-corrected chi connectivity index (χ2v) is 4.70. The molecule has 2 rings (SSSR count). The van der Waals surface area contributed by atoms with Crippen molar-refractivity contribution >= 4 is 23.6 Å². The Morgan fingerprint density at radius 3 is 2.89 bits per heavy atom. The van der Waals surface area contributed by atoms with Gasteiger partial charge < -0.3 is 10.1 Å². The molecule has 4 heteroatoms. The molecule has 1 aliphatic heterocycles. The highest BCUT2D eigenvalue weighted by Gasteiger charge is 2.15. The molecule has 0 bridgehead atoms. The number of carbonyl (C=O) groups excluding carboxylic acids is 1. The van der Waals surface area contributed by atoms with E-state index in [1.807, 2.05) is 12.1 Å². The molecule has 1 aromatic rings. The van der Waals surface area contributed by atoms with E-state index in [1.54, 1.807) is 18.2 Å². The van der Waals surface area contributed by atoms with E-state index in [1.165, 1.54) is 6.08 Å². The van der Waals surface area contributed by atoms with Gasteiger partial charge in [-0.1, -0.05) is 23.7 Å².